The monoisotopic (exact) mass is 658 g/mol. The SMILES string of the molecule is CC(COCc1ccccc1)C(=O)Nc1nnc(-c2ccc(-c3cccc(COC(C)C(=O)Nc4nnc(-c5ccccn5)[nH]4)c3)cn2)[nH]1. The molecular weight excluding hydrogens is 624 g/mol. The number of rotatable bonds is 14. The third-order valence-electron chi connectivity index (χ3n) is 7.43. The molecule has 14 heteroatoms. The molecule has 2 aromatic carbocycles. The van der Waals surface area contributed by atoms with Crippen LogP contribution in [-0.2, 0) is 32.3 Å². The standard InChI is InChI=1S/C35H34N10O4/c1-22(19-48-20-24-9-4-3-5-10-24)32(46)40-34-39-31(43-44-34)29-15-14-27(18-37-29)26-12-8-11-25(17-26)21-49-23(2)33(47)41-35-38-30(42-45-35)28-13-6-7-16-36-28/h3-18,22-23H,19-21H2,1-2H3,(H2,38,41,42,45,47)(H2,39,40,43,44,46). The molecule has 4 aromatic heterocycles. The molecule has 0 saturated heterocycles. The summed E-state index contributed by atoms with van der Waals surface area (Å²) in [6.07, 6.45) is 2.63. The van der Waals surface area contributed by atoms with E-state index in [4.69, 9.17) is 9.47 Å². The van der Waals surface area contributed by atoms with Crippen LogP contribution >= 0.6 is 0 Å². The van der Waals surface area contributed by atoms with Crippen LogP contribution in [0.2, 0.25) is 0 Å². The fourth-order valence-electron chi connectivity index (χ4n) is 4.67. The van der Waals surface area contributed by atoms with E-state index >= 15 is 0 Å². The fraction of sp³-hybridized carbons (Fsp3) is 0.200. The van der Waals surface area contributed by atoms with Gasteiger partial charge in [-0.15, -0.1) is 20.4 Å². The summed E-state index contributed by atoms with van der Waals surface area (Å²) in [4.78, 5) is 40.0. The molecule has 2 atom stereocenters. The number of H-pyrrole nitrogens is 2. The topological polar surface area (TPSA) is 186 Å². The van der Waals surface area contributed by atoms with Crippen LogP contribution in [0.1, 0.15) is 25.0 Å². The van der Waals surface area contributed by atoms with Gasteiger partial charge in [0, 0.05) is 18.0 Å². The Bertz CT molecular complexity index is 1980. The van der Waals surface area contributed by atoms with Gasteiger partial charge in [-0.05, 0) is 47.9 Å². The average molecular weight is 659 g/mol. The summed E-state index contributed by atoms with van der Waals surface area (Å²) in [6, 6.07) is 26.7. The zero-order chi connectivity index (χ0) is 34.0. The number of aromatic nitrogens is 8. The van der Waals surface area contributed by atoms with E-state index in [1.807, 2.05) is 72.8 Å². The van der Waals surface area contributed by atoms with Crippen molar-refractivity contribution in [2.45, 2.75) is 33.2 Å². The fourth-order valence-corrected chi connectivity index (χ4v) is 4.67. The first-order valence-corrected chi connectivity index (χ1v) is 15.6. The van der Waals surface area contributed by atoms with E-state index in [1.165, 1.54) is 0 Å². The molecule has 4 N–H and O–H groups in total. The van der Waals surface area contributed by atoms with E-state index < -0.39 is 6.10 Å². The number of carbonyl (C=O) groups is 2. The number of anilines is 2. The molecule has 0 aliphatic heterocycles. The maximum absolute atomic E-state index is 12.7. The number of carbonyl (C=O) groups excluding carboxylic acids is 2. The first kappa shape index (κ1) is 32.8. The molecule has 0 bridgehead atoms. The van der Waals surface area contributed by atoms with Gasteiger partial charge in [0.25, 0.3) is 5.91 Å². The molecule has 2 unspecified atom stereocenters. The van der Waals surface area contributed by atoms with Crippen LogP contribution in [0.4, 0.5) is 11.9 Å². The van der Waals surface area contributed by atoms with E-state index in [1.54, 1.807) is 38.4 Å². The minimum atomic E-state index is -0.749. The van der Waals surface area contributed by atoms with E-state index in [2.05, 4.69) is 51.0 Å². The van der Waals surface area contributed by atoms with Crippen molar-refractivity contribution in [2.24, 2.45) is 5.92 Å². The molecule has 4 heterocycles. The number of hydrogen-bond acceptors (Lipinski definition) is 10. The third kappa shape index (κ3) is 8.82. The summed E-state index contributed by atoms with van der Waals surface area (Å²) in [5.74, 6) is 0.321. The van der Waals surface area contributed by atoms with Crippen molar-refractivity contribution in [3.05, 3.63) is 108 Å². The first-order valence-electron chi connectivity index (χ1n) is 15.6. The zero-order valence-corrected chi connectivity index (χ0v) is 26.8. The predicted molar refractivity (Wildman–Crippen MR) is 181 cm³/mol. The smallest absolute Gasteiger partial charge is 0.255 e. The Kier molecular flexibility index (Phi) is 10.5. The van der Waals surface area contributed by atoms with Crippen molar-refractivity contribution in [1.29, 1.82) is 0 Å². The number of hydrogen-bond donors (Lipinski definition) is 4. The molecule has 6 aromatic rings. The summed E-state index contributed by atoms with van der Waals surface area (Å²) in [5, 5.41) is 21.6. The molecular formula is C35H34N10O4. The van der Waals surface area contributed by atoms with Crippen molar-refractivity contribution in [3.8, 4) is 34.2 Å². The number of nitrogens with one attached hydrogen (secondary N) is 4. The van der Waals surface area contributed by atoms with Gasteiger partial charge in [-0.2, -0.15) is 0 Å². The van der Waals surface area contributed by atoms with Crippen LogP contribution in [0.25, 0.3) is 34.2 Å². The zero-order valence-electron chi connectivity index (χ0n) is 26.8. The minimum Gasteiger partial charge on any atom is -0.376 e. The predicted octanol–water partition coefficient (Wildman–Crippen LogP) is 5.05. The average Bonchev–Trinajstić information content (AvgIpc) is 3.81. The van der Waals surface area contributed by atoms with Crippen LogP contribution in [0.3, 0.4) is 0 Å². The molecule has 49 heavy (non-hydrogen) atoms. The van der Waals surface area contributed by atoms with Gasteiger partial charge >= 0.3 is 0 Å². The van der Waals surface area contributed by atoms with E-state index in [9.17, 15) is 9.59 Å². The third-order valence-corrected chi connectivity index (χ3v) is 7.43. The Balaban J connectivity index is 0.983. The second-order valence-corrected chi connectivity index (χ2v) is 11.2. The highest BCUT2D eigenvalue weighted by molar-refractivity contribution is 5.92. The number of pyridine rings is 2. The number of benzene rings is 2. The molecule has 2 amide bonds. The molecule has 0 aliphatic rings. The number of aromatic amines is 2. The quantitative estimate of drug-likeness (QED) is 0.123. The van der Waals surface area contributed by atoms with Crippen molar-refractivity contribution in [3.63, 3.8) is 0 Å². The van der Waals surface area contributed by atoms with Gasteiger partial charge in [-0.25, -0.2) is 0 Å². The summed E-state index contributed by atoms with van der Waals surface area (Å²) in [6.45, 7) is 4.37. The van der Waals surface area contributed by atoms with Gasteiger partial charge < -0.3 is 19.4 Å². The van der Waals surface area contributed by atoms with Gasteiger partial charge in [0.2, 0.25) is 17.8 Å². The highest BCUT2D eigenvalue weighted by atomic mass is 16.5. The lowest BCUT2D eigenvalue weighted by Gasteiger charge is -2.13. The highest BCUT2D eigenvalue weighted by Crippen LogP contribution is 2.23. The van der Waals surface area contributed by atoms with Gasteiger partial charge in [0.05, 0.1) is 25.7 Å². The Labute approximate surface area is 281 Å². The van der Waals surface area contributed by atoms with Crippen molar-refractivity contribution in [1.82, 2.24) is 40.3 Å². The Morgan fingerprint density at radius 3 is 2.08 bits per heavy atom. The van der Waals surface area contributed by atoms with E-state index in [0.717, 1.165) is 22.3 Å². The second kappa shape index (κ2) is 15.6. The van der Waals surface area contributed by atoms with Gasteiger partial charge in [0.1, 0.15) is 17.5 Å². The van der Waals surface area contributed by atoms with Crippen LogP contribution in [0.15, 0.2) is 97.3 Å². The Morgan fingerprint density at radius 2 is 1.39 bits per heavy atom. The second-order valence-electron chi connectivity index (χ2n) is 11.2. The largest absolute Gasteiger partial charge is 0.376 e. The summed E-state index contributed by atoms with van der Waals surface area (Å²) >= 11 is 0. The normalized spacial score (nSPS) is 12.3. The van der Waals surface area contributed by atoms with Crippen LogP contribution in [0, 0.1) is 5.92 Å². The van der Waals surface area contributed by atoms with E-state index in [-0.39, 0.29) is 42.8 Å². The molecule has 0 radical (unpaired) electrons. The molecule has 6 rings (SSSR count). The van der Waals surface area contributed by atoms with Gasteiger partial charge in [0.15, 0.2) is 11.6 Å². The van der Waals surface area contributed by atoms with Gasteiger partial charge in [-0.1, -0.05) is 67.6 Å². The van der Waals surface area contributed by atoms with Gasteiger partial charge in [-0.3, -0.25) is 30.2 Å². The number of ether oxygens (including phenoxy) is 2. The summed E-state index contributed by atoms with van der Waals surface area (Å²) in [7, 11) is 0. The van der Waals surface area contributed by atoms with Crippen molar-refractivity contribution < 1.29 is 19.1 Å². The van der Waals surface area contributed by atoms with Crippen molar-refractivity contribution >= 4 is 23.7 Å². The lowest BCUT2D eigenvalue weighted by atomic mass is 10.0. The molecule has 0 spiro atoms. The first-order chi connectivity index (χ1) is 23.9. The number of nitrogens with zero attached hydrogens (tertiary/aromatic N) is 6. The molecule has 0 fully saturated rings. The molecule has 0 saturated carbocycles. The molecule has 0 aliphatic carbocycles. The maximum atomic E-state index is 12.7. The Hall–Kier alpha value is -6.12. The van der Waals surface area contributed by atoms with Crippen molar-refractivity contribution in [2.75, 3.05) is 17.2 Å². The molecule has 248 valence electrons. The number of amides is 2. The Morgan fingerprint density at radius 1 is 0.694 bits per heavy atom. The van der Waals surface area contributed by atoms with Crippen LogP contribution < -0.4 is 10.6 Å². The highest BCUT2D eigenvalue weighted by Gasteiger charge is 2.18. The maximum Gasteiger partial charge on any atom is 0.255 e. The lowest BCUT2D eigenvalue weighted by Crippen LogP contribution is -2.28. The minimum absolute atomic E-state index is 0.209. The van der Waals surface area contributed by atoms with E-state index in [0.29, 0.717) is 29.6 Å². The van der Waals surface area contributed by atoms with Crippen LogP contribution in [-0.4, -0.2) is 64.9 Å². The lowest BCUT2D eigenvalue weighted by molar-refractivity contribution is -0.127. The summed E-state index contributed by atoms with van der Waals surface area (Å²) in [5.41, 5.74) is 4.91. The summed E-state index contributed by atoms with van der Waals surface area (Å²) < 4.78 is 11.5. The van der Waals surface area contributed by atoms with Crippen LogP contribution in [0.5, 0.6) is 0 Å². The molecule has 14 nitrogen and oxygen atoms in total.